The van der Waals surface area contributed by atoms with E-state index in [1.54, 1.807) is 0 Å². The number of rotatable bonds is 3. The molecular formula is C19H24O2. The van der Waals surface area contributed by atoms with E-state index in [0.717, 1.165) is 24.2 Å². The molecule has 0 aliphatic heterocycles. The number of Topliss-reactive ketones (excluding diaryl/α,β-unsaturated/α-hetero) is 1. The lowest BCUT2D eigenvalue weighted by Crippen LogP contribution is -2.31. The first kappa shape index (κ1) is 14.4. The summed E-state index contributed by atoms with van der Waals surface area (Å²) in [6.07, 6.45) is 8.49. The monoisotopic (exact) mass is 284 g/mol. The number of hydrogen-bond donors (Lipinski definition) is 0. The van der Waals surface area contributed by atoms with Crippen LogP contribution in [0, 0.1) is 12.3 Å². The summed E-state index contributed by atoms with van der Waals surface area (Å²) in [5.74, 6) is 1.47. The molecule has 21 heavy (non-hydrogen) atoms. The molecule has 2 nitrogen and oxygen atoms in total. The second kappa shape index (κ2) is 5.32. The summed E-state index contributed by atoms with van der Waals surface area (Å²) in [5, 5.41) is 0. The van der Waals surface area contributed by atoms with Crippen LogP contribution in [0.5, 0.6) is 5.75 Å². The van der Waals surface area contributed by atoms with Gasteiger partial charge >= 0.3 is 0 Å². The summed E-state index contributed by atoms with van der Waals surface area (Å²) in [4.78, 5) is 13.1. The lowest BCUT2D eigenvalue weighted by atomic mass is 9.67. The highest BCUT2D eigenvalue weighted by molar-refractivity contribution is 6.08. The number of fused-ring (bicyclic) bond motifs is 3. The summed E-state index contributed by atoms with van der Waals surface area (Å²) in [7, 11) is 0. The van der Waals surface area contributed by atoms with E-state index < -0.39 is 0 Å². The predicted octanol–water partition coefficient (Wildman–Crippen LogP) is 4.81. The quantitative estimate of drug-likeness (QED) is 0.744. The molecule has 3 rings (SSSR count). The molecule has 0 spiro atoms. The maximum absolute atomic E-state index is 13.1. The van der Waals surface area contributed by atoms with Crippen molar-refractivity contribution in [3.63, 3.8) is 0 Å². The number of carbonyl (C=O) groups excluding carboxylic acids is 1. The highest BCUT2D eigenvalue weighted by Crippen LogP contribution is 2.57. The molecule has 0 heterocycles. The van der Waals surface area contributed by atoms with E-state index in [4.69, 9.17) is 4.74 Å². The minimum absolute atomic E-state index is 0.203. The summed E-state index contributed by atoms with van der Waals surface area (Å²) < 4.78 is 5.86. The third-order valence-electron chi connectivity index (χ3n) is 5.30. The lowest BCUT2D eigenvalue weighted by Gasteiger charge is -2.35. The molecule has 2 atom stereocenters. The molecule has 2 aliphatic carbocycles. The van der Waals surface area contributed by atoms with Gasteiger partial charge in [-0.05, 0) is 49.8 Å². The van der Waals surface area contributed by atoms with Gasteiger partial charge in [0.15, 0.2) is 5.78 Å². The molecule has 0 radical (unpaired) electrons. The molecule has 1 aromatic rings. The third-order valence-corrected chi connectivity index (χ3v) is 5.30. The predicted molar refractivity (Wildman–Crippen MR) is 85.1 cm³/mol. The Bertz CT molecular complexity index is 600. The van der Waals surface area contributed by atoms with Gasteiger partial charge in [0, 0.05) is 5.41 Å². The topological polar surface area (TPSA) is 26.3 Å². The van der Waals surface area contributed by atoms with Crippen molar-refractivity contribution in [1.29, 1.82) is 0 Å². The smallest absolute Gasteiger partial charge is 0.173 e. The van der Waals surface area contributed by atoms with Crippen LogP contribution in [0.3, 0.4) is 0 Å². The molecule has 0 saturated heterocycles. The first-order valence-corrected chi connectivity index (χ1v) is 8.02. The molecule has 1 saturated carbocycles. The molecule has 0 aromatic heterocycles. The van der Waals surface area contributed by atoms with Crippen LogP contribution in [0.2, 0.25) is 0 Å². The van der Waals surface area contributed by atoms with Gasteiger partial charge < -0.3 is 4.74 Å². The zero-order chi connectivity index (χ0) is 15.0. The van der Waals surface area contributed by atoms with Gasteiger partial charge in [0.1, 0.15) is 12.4 Å². The van der Waals surface area contributed by atoms with Gasteiger partial charge in [0.2, 0.25) is 0 Å². The number of aryl methyl sites for hydroxylation is 1. The molecule has 0 amide bonds. The minimum Gasteiger partial charge on any atom is -0.489 e. The minimum atomic E-state index is -0.203. The van der Waals surface area contributed by atoms with Crippen LogP contribution in [-0.2, 0) is 0 Å². The van der Waals surface area contributed by atoms with Crippen molar-refractivity contribution >= 4 is 5.78 Å². The fraction of sp³-hybridized carbons (Fsp3) is 0.526. The van der Waals surface area contributed by atoms with Crippen LogP contribution in [-0.4, -0.2) is 12.4 Å². The van der Waals surface area contributed by atoms with E-state index in [1.807, 2.05) is 25.1 Å². The third kappa shape index (κ3) is 2.12. The van der Waals surface area contributed by atoms with Crippen LogP contribution in [0.15, 0.2) is 24.3 Å². The fourth-order valence-electron chi connectivity index (χ4n) is 4.10. The van der Waals surface area contributed by atoms with Crippen LogP contribution < -0.4 is 4.74 Å². The second-order valence-corrected chi connectivity index (χ2v) is 6.59. The summed E-state index contributed by atoms with van der Waals surface area (Å²) >= 11 is 0. The zero-order valence-corrected chi connectivity index (χ0v) is 13.2. The molecule has 0 bridgehead atoms. The molecule has 1 aromatic carbocycles. The fourth-order valence-corrected chi connectivity index (χ4v) is 4.10. The highest BCUT2D eigenvalue weighted by atomic mass is 16.5. The van der Waals surface area contributed by atoms with Gasteiger partial charge in [-0.1, -0.05) is 38.0 Å². The van der Waals surface area contributed by atoms with Gasteiger partial charge in [-0.2, -0.15) is 0 Å². The summed E-state index contributed by atoms with van der Waals surface area (Å²) in [5.41, 5.74) is 3.17. The number of ketones is 1. The van der Waals surface area contributed by atoms with E-state index in [-0.39, 0.29) is 5.41 Å². The van der Waals surface area contributed by atoms with Crippen LogP contribution in [0.25, 0.3) is 0 Å². The first-order chi connectivity index (χ1) is 10.1. The van der Waals surface area contributed by atoms with Gasteiger partial charge in [-0.3, -0.25) is 4.79 Å². The number of ether oxygens (including phenoxy) is 1. The number of benzene rings is 1. The molecule has 2 heteroatoms. The Morgan fingerprint density at radius 3 is 2.95 bits per heavy atom. The van der Waals surface area contributed by atoms with Crippen molar-refractivity contribution in [1.82, 2.24) is 0 Å². The molecule has 112 valence electrons. The Morgan fingerprint density at radius 1 is 1.38 bits per heavy atom. The SMILES string of the molecule is CC=CCOc1ccc(C)c2c1C(=O)C1(C)CCCCC21. The molecule has 2 aliphatic rings. The first-order valence-electron chi connectivity index (χ1n) is 8.02. The second-order valence-electron chi connectivity index (χ2n) is 6.59. The standard InChI is InChI=1S/C19H24O2/c1-4-5-12-21-15-10-9-13(2)16-14-8-6-7-11-19(14,3)18(20)17(15)16/h4-5,9-10,14H,6-8,11-12H2,1-3H3. The van der Waals surface area contributed by atoms with E-state index in [0.29, 0.717) is 18.3 Å². The normalized spacial score (nSPS) is 27.8. The Balaban J connectivity index is 2.07. The molecule has 0 N–H and O–H groups in total. The maximum Gasteiger partial charge on any atom is 0.173 e. The summed E-state index contributed by atoms with van der Waals surface area (Å²) in [6.45, 7) is 6.79. The Labute approximate surface area is 127 Å². The largest absolute Gasteiger partial charge is 0.489 e. The van der Waals surface area contributed by atoms with Crippen molar-refractivity contribution < 1.29 is 9.53 Å². The van der Waals surface area contributed by atoms with Crippen molar-refractivity contribution in [2.24, 2.45) is 5.41 Å². The number of hydrogen-bond acceptors (Lipinski definition) is 2. The van der Waals surface area contributed by atoms with E-state index >= 15 is 0 Å². The number of carbonyl (C=O) groups is 1. The van der Waals surface area contributed by atoms with Crippen LogP contribution in [0.1, 0.15) is 66.9 Å². The van der Waals surface area contributed by atoms with Gasteiger partial charge in [0.25, 0.3) is 0 Å². The van der Waals surface area contributed by atoms with Crippen molar-refractivity contribution in [3.8, 4) is 5.75 Å². The van der Waals surface area contributed by atoms with Crippen molar-refractivity contribution in [3.05, 3.63) is 41.0 Å². The Morgan fingerprint density at radius 2 is 2.19 bits per heavy atom. The Kier molecular flexibility index (Phi) is 3.64. The van der Waals surface area contributed by atoms with Crippen LogP contribution >= 0.6 is 0 Å². The van der Waals surface area contributed by atoms with Crippen LogP contribution in [0.4, 0.5) is 0 Å². The highest BCUT2D eigenvalue weighted by Gasteiger charge is 2.52. The lowest BCUT2D eigenvalue weighted by molar-refractivity contribution is 0.0745. The van der Waals surface area contributed by atoms with Crippen molar-refractivity contribution in [2.45, 2.75) is 52.4 Å². The van der Waals surface area contributed by atoms with E-state index in [9.17, 15) is 4.79 Å². The molecule has 2 unspecified atom stereocenters. The summed E-state index contributed by atoms with van der Waals surface area (Å²) in [6, 6.07) is 4.08. The van der Waals surface area contributed by atoms with Crippen molar-refractivity contribution in [2.75, 3.05) is 6.61 Å². The van der Waals surface area contributed by atoms with Gasteiger partial charge in [0.05, 0.1) is 5.56 Å². The van der Waals surface area contributed by atoms with Gasteiger partial charge in [-0.15, -0.1) is 0 Å². The Hall–Kier alpha value is -1.57. The van der Waals surface area contributed by atoms with E-state index in [1.165, 1.54) is 24.0 Å². The maximum atomic E-state index is 13.1. The zero-order valence-electron chi connectivity index (χ0n) is 13.2. The molecular weight excluding hydrogens is 260 g/mol. The molecule has 1 fully saturated rings. The van der Waals surface area contributed by atoms with Gasteiger partial charge in [-0.25, -0.2) is 0 Å². The van der Waals surface area contributed by atoms with E-state index in [2.05, 4.69) is 19.9 Å². The average Bonchev–Trinajstić information content (AvgIpc) is 2.72. The average molecular weight is 284 g/mol. The number of allylic oxidation sites excluding steroid dienone is 1.